The predicted molar refractivity (Wildman–Crippen MR) is 82.7 cm³/mol. The molecular formula is C14H22N4O2S. The van der Waals surface area contributed by atoms with Crippen LogP contribution >= 0.6 is 0 Å². The first-order valence-electron chi connectivity index (χ1n) is 7.41. The Hall–Kier alpha value is -1.18. The molecule has 116 valence electrons. The van der Waals surface area contributed by atoms with Gasteiger partial charge in [-0.25, -0.2) is 13.4 Å². The third-order valence-electron chi connectivity index (χ3n) is 4.01. The maximum absolute atomic E-state index is 11.5. The number of sulfonamides is 1. The standard InChI is InChI=1S/C14H22N4O2S/c1-21(19,20)18-8-6-17(7-9-18)14-10-12(4-5-15-14)11-16-13-2-3-13/h4-5,10,13,16H,2-3,6-9,11H2,1H3. The van der Waals surface area contributed by atoms with Gasteiger partial charge in [0.15, 0.2) is 0 Å². The van der Waals surface area contributed by atoms with Crippen LogP contribution in [-0.4, -0.2) is 56.2 Å². The predicted octanol–water partition coefficient (Wildman–Crippen LogP) is 0.415. The molecule has 1 aliphatic carbocycles. The average Bonchev–Trinajstić information content (AvgIpc) is 3.29. The van der Waals surface area contributed by atoms with Gasteiger partial charge in [0.2, 0.25) is 10.0 Å². The minimum Gasteiger partial charge on any atom is -0.354 e. The molecule has 1 aromatic heterocycles. The van der Waals surface area contributed by atoms with Gasteiger partial charge in [-0.05, 0) is 30.5 Å². The molecule has 0 aromatic carbocycles. The second kappa shape index (κ2) is 5.90. The van der Waals surface area contributed by atoms with Crippen LogP contribution in [0.2, 0.25) is 0 Å². The lowest BCUT2D eigenvalue weighted by Gasteiger charge is -2.34. The smallest absolute Gasteiger partial charge is 0.211 e. The first kappa shape index (κ1) is 14.7. The normalized spacial score (nSPS) is 20.7. The number of rotatable bonds is 5. The van der Waals surface area contributed by atoms with E-state index in [4.69, 9.17) is 0 Å². The zero-order valence-electron chi connectivity index (χ0n) is 12.3. The maximum Gasteiger partial charge on any atom is 0.211 e. The maximum atomic E-state index is 11.5. The van der Waals surface area contributed by atoms with Crippen molar-refractivity contribution in [3.8, 4) is 0 Å². The first-order valence-corrected chi connectivity index (χ1v) is 9.25. The highest BCUT2D eigenvalue weighted by Gasteiger charge is 2.24. The topological polar surface area (TPSA) is 65.5 Å². The fraction of sp³-hybridized carbons (Fsp3) is 0.643. The number of nitrogens with zero attached hydrogens (tertiary/aromatic N) is 3. The number of nitrogens with one attached hydrogen (secondary N) is 1. The minimum atomic E-state index is -3.07. The van der Waals surface area contributed by atoms with Crippen molar-refractivity contribution in [1.29, 1.82) is 0 Å². The minimum absolute atomic E-state index is 0.533. The van der Waals surface area contributed by atoms with Gasteiger partial charge >= 0.3 is 0 Å². The molecule has 0 atom stereocenters. The van der Waals surface area contributed by atoms with Crippen molar-refractivity contribution in [2.75, 3.05) is 37.3 Å². The Labute approximate surface area is 126 Å². The van der Waals surface area contributed by atoms with Gasteiger partial charge in [-0.15, -0.1) is 0 Å². The molecule has 1 saturated carbocycles. The van der Waals surface area contributed by atoms with Crippen LogP contribution in [0.3, 0.4) is 0 Å². The molecule has 1 aliphatic heterocycles. The zero-order valence-corrected chi connectivity index (χ0v) is 13.1. The SMILES string of the molecule is CS(=O)(=O)N1CCN(c2cc(CNC3CC3)ccn2)CC1. The fourth-order valence-electron chi connectivity index (χ4n) is 2.54. The number of aromatic nitrogens is 1. The van der Waals surface area contributed by atoms with E-state index in [1.807, 2.05) is 12.3 Å². The Morgan fingerprint density at radius 3 is 2.62 bits per heavy atom. The van der Waals surface area contributed by atoms with Crippen molar-refractivity contribution in [3.05, 3.63) is 23.9 Å². The molecule has 0 spiro atoms. The van der Waals surface area contributed by atoms with E-state index in [1.54, 1.807) is 0 Å². The summed E-state index contributed by atoms with van der Waals surface area (Å²) in [5.74, 6) is 0.943. The van der Waals surface area contributed by atoms with Gasteiger partial charge < -0.3 is 10.2 Å². The van der Waals surface area contributed by atoms with Crippen molar-refractivity contribution in [2.24, 2.45) is 0 Å². The van der Waals surface area contributed by atoms with Crippen LogP contribution < -0.4 is 10.2 Å². The zero-order chi connectivity index (χ0) is 14.9. The van der Waals surface area contributed by atoms with Crippen LogP contribution in [0.25, 0.3) is 0 Å². The Morgan fingerprint density at radius 2 is 2.00 bits per heavy atom. The molecule has 1 aromatic rings. The van der Waals surface area contributed by atoms with Gasteiger partial charge in [0.1, 0.15) is 5.82 Å². The summed E-state index contributed by atoms with van der Waals surface area (Å²) < 4.78 is 24.6. The third kappa shape index (κ3) is 3.93. The lowest BCUT2D eigenvalue weighted by Crippen LogP contribution is -2.48. The summed E-state index contributed by atoms with van der Waals surface area (Å²) in [5.41, 5.74) is 1.23. The second-order valence-corrected chi connectivity index (χ2v) is 7.81. The van der Waals surface area contributed by atoms with Crippen LogP contribution in [0.5, 0.6) is 0 Å². The van der Waals surface area contributed by atoms with E-state index in [2.05, 4.69) is 21.3 Å². The molecular weight excluding hydrogens is 288 g/mol. The van der Waals surface area contributed by atoms with E-state index in [1.165, 1.54) is 29.0 Å². The molecule has 2 aliphatic rings. The molecule has 1 saturated heterocycles. The highest BCUT2D eigenvalue weighted by atomic mass is 32.2. The van der Waals surface area contributed by atoms with Crippen molar-refractivity contribution < 1.29 is 8.42 Å². The first-order chi connectivity index (χ1) is 10.0. The highest BCUT2D eigenvalue weighted by molar-refractivity contribution is 7.88. The van der Waals surface area contributed by atoms with E-state index in [9.17, 15) is 8.42 Å². The van der Waals surface area contributed by atoms with E-state index in [0.29, 0.717) is 32.2 Å². The molecule has 21 heavy (non-hydrogen) atoms. The van der Waals surface area contributed by atoms with E-state index in [-0.39, 0.29) is 0 Å². The van der Waals surface area contributed by atoms with E-state index in [0.717, 1.165) is 12.4 Å². The van der Waals surface area contributed by atoms with E-state index < -0.39 is 10.0 Å². The lowest BCUT2D eigenvalue weighted by atomic mass is 10.2. The quantitative estimate of drug-likeness (QED) is 0.853. The average molecular weight is 310 g/mol. The Bertz CT molecular complexity index is 593. The number of piperazine rings is 1. The fourth-order valence-corrected chi connectivity index (χ4v) is 3.37. The molecule has 0 radical (unpaired) electrons. The van der Waals surface area contributed by atoms with Crippen molar-refractivity contribution >= 4 is 15.8 Å². The Kier molecular flexibility index (Phi) is 4.14. The largest absolute Gasteiger partial charge is 0.354 e. The van der Waals surface area contributed by atoms with Crippen molar-refractivity contribution in [3.63, 3.8) is 0 Å². The summed E-state index contributed by atoms with van der Waals surface area (Å²) in [6.07, 6.45) is 5.67. The van der Waals surface area contributed by atoms with Gasteiger partial charge in [0.05, 0.1) is 6.26 Å². The molecule has 2 heterocycles. The molecule has 0 bridgehead atoms. The molecule has 2 fully saturated rings. The van der Waals surface area contributed by atoms with Crippen LogP contribution in [0.1, 0.15) is 18.4 Å². The molecule has 3 rings (SSSR count). The van der Waals surface area contributed by atoms with Crippen molar-refractivity contribution in [1.82, 2.24) is 14.6 Å². The Balaban J connectivity index is 1.60. The summed E-state index contributed by atoms with van der Waals surface area (Å²) in [7, 11) is -3.07. The summed E-state index contributed by atoms with van der Waals surface area (Å²) in [5, 5.41) is 3.50. The molecule has 1 N–H and O–H groups in total. The highest BCUT2D eigenvalue weighted by Crippen LogP contribution is 2.20. The molecule has 7 heteroatoms. The van der Waals surface area contributed by atoms with Gasteiger partial charge in [0.25, 0.3) is 0 Å². The van der Waals surface area contributed by atoms with Crippen LogP contribution in [0, 0.1) is 0 Å². The number of hydrogen-bond acceptors (Lipinski definition) is 5. The summed E-state index contributed by atoms with van der Waals surface area (Å²) >= 11 is 0. The summed E-state index contributed by atoms with van der Waals surface area (Å²) in [6.45, 7) is 3.33. The lowest BCUT2D eigenvalue weighted by molar-refractivity contribution is 0.387. The molecule has 0 unspecified atom stereocenters. The van der Waals surface area contributed by atoms with Gasteiger partial charge in [-0.2, -0.15) is 4.31 Å². The van der Waals surface area contributed by atoms with Crippen LogP contribution in [0.4, 0.5) is 5.82 Å². The van der Waals surface area contributed by atoms with Crippen molar-refractivity contribution in [2.45, 2.75) is 25.4 Å². The van der Waals surface area contributed by atoms with Gasteiger partial charge in [0, 0.05) is 45.0 Å². The molecule has 6 nitrogen and oxygen atoms in total. The Morgan fingerprint density at radius 1 is 1.29 bits per heavy atom. The number of pyridine rings is 1. The van der Waals surface area contributed by atoms with Gasteiger partial charge in [-0.1, -0.05) is 0 Å². The summed E-state index contributed by atoms with van der Waals surface area (Å²) in [6, 6.07) is 4.83. The summed E-state index contributed by atoms with van der Waals surface area (Å²) in [4.78, 5) is 6.58. The second-order valence-electron chi connectivity index (χ2n) is 5.83. The monoisotopic (exact) mass is 310 g/mol. The number of hydrogen-bond donors (Lipinski definition) is 1. The van der Waals surface area contributed by atoms with Crippen LogP contribution in [-0.2, 0) is 16.6 Å². The van der Waals surface area contributed by atoms with Crippen LogP contribution in [0.15, 0.2) is 18.3 Å². The van der Waals surface area contributed by atoms with Gasteiger partial charge in [-0.3, -0.25) is 0 Å². The van der Waals surface area contributed by atoms with E-state index >= 15 is 0 Å². The number of anilines is 1. The molecule has 0 amide bonds. The third-order valence-corrected chi connectivity index (χ3v) is 5.32.